The van der Waals surface area contributed by atoms with Crippen LogP contribution in [0.1, 0.15) is 25.8 Å². The molecule has 128 valence electrons. The maximum Gasteiger partial charge on any atom is 0.255 e. The van der Waals surface area contributed by atoms with Gasteiger partial charge in [-0.15, -0.1) is 24.0 Å². The standard InChI is InChI=1S/C16H24N4O2.HI/c1-3-18-16(20-14-7-11(14)2)19-9-12-5-4-6-13(8-12)22-10-15(17)21;/h4-6,8,11,14H,3,7,9-10H2,1-2H3,(H2,17,21)(H2,18,19,20);1H. The van der Waals surface area contributed by atoms with E-state index < -0.39 is 5.91 Å². The minimum Gasteiger partial charge on any atom is -0.484 e. The van der Waals surface area contributed by atoms with Crippen molar-refractivity contribution in [3.05, 3.63) is 29.8 Å². The molecular weight excluding hydrogens is 407 g/mol. The van der Waals surface area contributed by atoms with Crippen molar-refractivity contribution < 1.29 is 9.53 Å². The molecule has 2 unspecified atom stereocenters. The average Bonchev–Trinajstić information content (AvgIpc) is 3.18. The zero-order valence-electron chi connectivity index (χ0n) is 13.5. The molecule has 2 atom stereocenters. The number of nitrogens with zero attached hydrogens (tertiary/aromatic N) is 1. The van der Waals surface area contributed by atoms with E-state index >= 15 is 0 Å². The first-order chi connectivity index (χ1) is 10.6. The second kappa shape index (κ2) is 9.59. The van der Waals surface area contributed by atoms with Crippen LogP contribution in [-0.4, -0.2) is 31.1 Å². The van der Waals surface area contributed by atoms with Crippen LogP contribution in [0.4, 0.5) is 0 Å². The Labute approximate surface area is 154 Å². The van der Waals surface area contributed by atoms with Crippen molar-refractivity contribution in [3.8, 4) is 5.75 Å². The van der Waals surface area contributed by atoms with Gasteiger partial charge in [-0.05, 0) is 37.0 Å². The highest BCUT2D eigenvalue weighted by molar-refractivity contribution is 14.0. The molecule has 0 bridgehead atoms. The van der Waals surface area contributed by atoms with Crippen LogP contribution in [0.5, 0.6) is 5.75 Å². The van der Waals surface area contributed by atoms with E-state index in [1.807, 2.05) is 25.1 Å². The number of hydrogen-bond donors (Lipinski definition) is 3. The molecule has 1 aliphatic carbocycles. The summed E-state index contributed by atoms with van der Waals surface area (Å²) in [5.41, 5.74) is 6.09. The SMILES string of the molecule is CCNC(=NCc1cccc(OCC(N)=O)c1)NC1CC1C.I. The van der Waals surface area contributed by atoms with Crippen LogP contribution in [0.3, 0.4) is 0 Å². The van der Waals surface area contributed by atoms with E-state index in [1.54, 1.807) is 6.07 Å². The van der Waals surface area contributed by atoms with Crippen LogP contribution in [-0.2, 0) is 11.3 Å². The number of carbonyl (C=O) groups excluding carboxylic acids is 1. The molecule has 0 radical (unpaired) electrons. The Morgan fingerprint density at radius 2 is 2.22 bits per heavy atom. The highest BCUT2D eigenvalue weighted by Crippen LogP contribution is 2.28. The van der Waals surface area contributed by atoms with Gasteiger partial charge < -0.3 is 21.1 Å². The third kappa shape index (κ3) is 7.06. The summed E-state index contributed by atoms with van der Waals surface area (Å²) in [5, 5.41) is 6.66. The largest absolute Gasteiger partial charge is 0.484 e. The summed E-state index contributed by atoms with van der Waals surface area (Å²) in [6, 6.07) is 8.05. The second-order valence-electron chi connectivity index (χ2n) is 5.56. The Kier molecular flexibility index (Phi) is 8.15. The van der Waals surface area contributed by atoms with E-state index in [4.69, 9.17) is 10.5 Å². The van der Waals surface area contributed by atoms with E-state index in [1.165, 1.54) is 6.42 Å². The first-order valence-corrected chi connectivity index (χ1v) is 7.63. The lowest BCUT2D eigenvalue weighted by atomic mass is 10.2. The van der Waals surface area contributed by atoms with Crippen molar-refractivity contribution in [3.63, 3.8) is 0 Å². The molecule has 0 aromatic heterocycles. The molecule has 1 aromatic rings. The fourth-order valence-corrected chi connectivity index (χ4v) is 2.08. The van der Waals surface area contributed by atoms with Crippen molar-refractivity contribution in [2.45, 2.75) is 32.9 Å². The van der Waals surface area contributed by atoms with Gasteiger partial charge in [-0.25, -0.2) is 4.99 Å². The number of guanidine groups is 1. The number of halogens is 1. The molecule has 1 aromatic carbocycles. The average molecular weight is 432 g/mol. The first kappa shape index (κ1) is 19.5. The summed E-state index contributed by atoms with van der Waals surface area (Å²) in [4.78, 5) is 15.3. The molecular formula is C16H25IN4O2. The lowest BCUT2D eigenvalue weighted by molar-refractivity contribution is -0.119. The summed E-state index contributed by atoms with van der Waals surface area (Å²) in [6.07, 6.45) is 1.20. The van der Waals surface area contributed by atoms with Crippen LogP contribution in [0, 0.1) is 5.92 Å². The molecule has 1 fully saturated rings. The van der Waals surface area contributed by atoms with Gasteiger partial charge in [-0.3, -0.25) is 4.79 Å². The summed E-state index contributed by atoms with van der Waals surface area (Å²) < 4.78 is 5.30. The molecule has 1 amide bonds. The minimum absolute atomic E-state index is 0. The predicted molar refractivity (Wildman–Crippen MR) is 102 cm³/mol. The van der Waals surface area contributed by atoms with Gasteiger partial charge in [0, 0.05) is 12.6 Å². The number of ether oxygens (including phenoxy) is 1. The van der Waals surface area contributed by atoms with Crippen LogP contribution >= 0.6 is 24.0 Å². The molecule has 0 aliphatic heterocycles. The molecule has 23 heavy (non-hydrogen) atoms. The van der Waals surface area contributed by atoms with Gasteiger partial charge in [0.25, 0.3) is 5.91 Å². The van der Waals surface area contributed by atoms with Gasteiger partial charge in [0.05, 0.1) is 6.54 Å². The van der Waals surface area contributed by atoms with Crippen LogP contribution < -0.4 is 21.1 Å². The quantitative estimate of drug-likeness (QED) is 0.347. The Balaban J connectivity index is 0.00000264. The lowest BCUT2D eigenvalue weighted by Crippen LogP contribution is -2.39. The van der Waals surface area contributed by atoms with Crippen molar-refractivity contribution in [2.24, 2.45) is 16.6 Å². The molecule has 0 heterocycles. The summed E-state index contributed by atoms with van der Waals surface area (Å²) in [7, 11) is 0. The second-order valence-corrected chi connectivity index (χ2v) is 5.56. The summed E-state index contributed by atoms with van der Waals surface area (Å²) >= 11 is 0. The number of hydrogen-bond acceptors (Lipinski definition) is 3. The van der Waals surface area contributed by atoms with E-state index in [9.17, 15) is 4.79 Å². The van der Waals surface area contributed by atoms with Gasteiger partial charge >= 0.3 is 0 Å². The fourth-order valence-electron chi connectivity index (χ4n) is 2.08. The number of rotatable bonds is 7. The van der Waals surface area contributed by atoms with Crippen LogP contribution in [0.2, 0.25) is 0 Å². The molecule has 2 rings (SSSR count). The van der Waals surface area contributed by atoms with Gasteiger partial charge in [-0.1, -0.05) is 19.1 Å². The van der Waals surface area contributed by atoms with Gasteiger partial charge in [0.15, 0.2) is 12.6 Å². The topological polar surface area (TPSA) is 88.7 Å². The van der Waals surface area contributed by atoms with Crippen molar-refractivity contribution >= 4 is 35.8 Å². The number of carbonyl (C=O) groups is 1. The number of benzene rings is 1. The summed E-state index contributed by atoms with van der Waals surface area (Å²) in [6.45, 7) is 5.53. The fraction of sp³-hybridized carbons (Fsp3) is 0.500. The molecule has 6 nitrogen and oxygen atoms in total. The maximum absolute atomic E-state index is 10.7. The lowest BCUT2D eigenvalue weighted by Gasteiger charge is -2.11. The maximum atomic E-state index is 10.7. The number of nitrogens with two attached hydrogens (primary N) is 1. The zero-order valence-corrected chi connectivity index (χ0v) is 15.9. The normalized spacial score (nSPS) is 19.5. The highest BCUT2D eigenvalue weighted by atomic mass is 127. The number of primary amides is 1. The number of amides is 1. The Bertz CT molecular complexity index is 551. The van der Waals surface area contributed by atoms with Crippen molar-refractivity contribution in [2.75, 3.05) is 13.2 Å². The zero-order chi connectivity index (χ0) is 15.9. The number of aliphatic imine (C=N–C) groups is 1. The molecule has 0 saturated heterocycles. The van der Waals surface area contributed by atoms with Gasteiger partial charge in [-0.2, -0.15) is 0 Å². The Morgan fingerprint density at radius 1 is 1.48 bits per heavy atom. The monoisotopic (exact) mass is 432 g/mol. The van der Waals surface area contributed by atoms with Crippen molar-refractivity contribution in [1.82, 2.24) is 10.6 Å². The third-order valence-corrected chi connectivity index (χ3v) is 3.48. The number of nitrogens with one attached hydrogen (secondary N) is 2. The third-order valence-electron chi connectivity index (χ3n) is 3.48. The van der Waals surface area contributed by atoms with Gasteiger partial charge in [0.1, 0.15) is 5.75 Å². The Hall–Kier alpha value is -1.51. The van der Waals surface area contributed by atoms with E-state index in [0.717, 1.165) is 24.0 Å². The van der Waals surface area contributed by atoms with E-state index in [2.05, 4.69) is 22.5 Å². The predicted octanol–water partition coefficient (Wildman–Crippen LogP) is 1.63. The Morgan fingerprint density at radius 3 is 2.83 bits per heavy atom. The molecule has 1 aliphatic rings. The molecule has 4 N–H and O–H groups in total. The highest BCUT2D eigenvalue weighted by Gasteiger charge is 2.33. The molecule has 0 spiro atoms. The van der Waals surface area contributed by atoms with E-state index in [0.29, 0.717) is 18.3 Å². The van der Waals surface area contributed by atoms with E-state index in [-0.39, 0.29) is 30.6 Å². The van der Waals surface area contributed by atoms with Crippen LogP contribution in [0.15, 0.2) is 29.3 Å². The smallest absolute Gasteiger partial charge is 0.255 e. The first-order valence-electron chi connectivity index (χ1n) is 7.63. The minimum atomic E-state index is -0.486. The van der Waals surface area contributed by atoms with Gasteiger partial charge in [0.2, 0.25) is 0 Å². The summed E-state index contributed by atoms with van der Waals surface area (Å²) in [5.74, 6) is 1.69. The van der Waals surface area contributed by atoms with Crippen molar-refractivity contribution in [1.29, 1.82) is 0 Å². The van der Waals surface area contributed by atoms with Crippen LogP contribution in [0.25, 0.3) is 0 Å². The molecule has 7 heteroatoms. The molecule has 1 saturated carbocycles.